The summed E-state index contributed by atoms with van der Waals surface area (Å²) < 4.78 is 7.04. The van der Waals surface area contributed by atoms with Gasteiger partial charge >= 0.3 is 6.09 Å². The van der Waals surface area contributed by atoms with E-state index >= 15 is 0 Å². The average molecular weight is 285 g/mol. The molecule has 0 atom stereocenters. The van der Waals surface area contributed by atoms with Crippen LogP contribution in [0.4, 0.5) is 4.79 Å². The summed E-state index contributed by atoms with van der Waals surface area (Å²) in [4.78, 5) is 15.5. The number of aromatic nitrogens is 2. The van der Waals surface area contributed by atoms with Gasteiger partial charge in [0.05, 0.1) is 18.2 Å². The summed E-state index contributed by atoms with van der Waals surface area (Å²) in [6, 6.07) is 9.60. The van der Waals surface area contributed by atoms with Gasteiger partial charge in [0.15, 0.2) is 0 Å². The largest absolute Gasteiger partial charge is 0.445 e. The smallest absolute Gasteiger partial charge is 0.407 e. The maximum absolute atomic E-state index is 11.5. The molecule has 0 saturated carbocycles. The molecule has 0 aliphatic rings. The summed E-state index contributed by atoms with van der Waals surface area (Å²) in [7, 11) is 1.94. The van der Waals surface area contributed by atoms with Gasteiger partial charge in [-0.05, 0) is 18.1 Å². The Morgan fingerprint density at radius 3 is 2.90 bits per heavy atom. The van der Waals surface area contributed by atoms with Crippen LogP contribution in [0.3, 0.4) is 0 Å². The van der Waals surface area contributed by atoms with Crippen LogP contribution in [0.5, 0.6) is 0 Å². The highest BCUT2D eigenvalue weighted by molar-refractivity contribution is 5.67. The zero-order valence-electron chi connectivity index (χ0n) is 12.0. The van der Waals surface area contributed by atoms with E-state index in [1.165, 1.54) is 0 Å². The monoisotopic (exact) mass is 285 g/mol. The third-order valence-corrected chi connectivity index (χ3v) is 2.94. The number of carbonyl (C=O) groups excluding carboxylic acids is 1. The number of amides is 1. The van der Waals surface area contributed by atoms with Crippen LogP contribution < -0.4 is 5.32 Å². The van der Waals surface area contributed by atoms with E-state index in [0.29, 0.717) is 6.54 Å². The molecule has 0 radical (unpaired) electrons. The van der Waals surface area contributed by atoms with Crippen LogP contribution in [0.1, 0.15) is 17.7 Å². The molecule has 110 valence electrons. The van der Waals surface area contributed by atoms with E-state index < -0.39 is 6.09 Å². The molecule has 0 aliphatic heterocycles. The zero-order chi connectivity index (χ0) is 14.9. The van der Waals surface area contributed by atoms with Crippen molar-refractivity contribution < 1.29 is 9.53 Å². The van der Waals surface area contributed by atoms with Gasteiger partial charge in [-0.1, -0.05) is 36.4 Å². The van der Waals surface area contributed by atoms with E-state index in [4.69, 9.17) is 4.74 Å². The lowest BCUT2D eigenvalue weighted by Crippen LogP contribution is -2.24. The Labute approximate surface area is 124 Å². The normalized spacial score (nSPS) is 10.7. The minimum absolute atomic E-state index is 0.289. The first-order chi connectivity index (χ1) is 10.3. The van der Waals surface area contributed by atoms with Gasteiger partial charge in [0.25, 0.3) is 0 Å². The van der Waals surface area contributed by atoms with E-state index in [2.05, 4.69) is 10.3 Å². The van der Waals surface area contributed by atoms with Crippen molar-refractivity contribution >= 4 is 12.2 Å². The number of nitrogens with zero attached hydrogens (tertiary/aromatic N) is 2. The van der Waals surface area contributed by atoms with E-state index in [1.807, 2.05) is 54.1 Å². The molecule has 5 heteroatoms. The minimum Gasteiger partial charge on any atom is -0.445 e. The molecule has 0 spiro atoms. The molecular formula is C16H19N3O2. The Morgan fingerprint density at radius 1 is 1.38 bits per heavy atom. The second kappa shape index (κ2) is 7.89. The second-order valence-electron chi connectivity index (χ2n) is 4.61. The van der Waals surface area contributed by atoms with Gasteiger partial charge in [0, 0.05) is 13.6 Å². The van der Waals surface area contributed by atoms with Gasteiger partial charge in [-0.2, -0.15) is 0 Å². The Balaban J connectivity index is 1.61. The predicted octanol–water partition coefficient (Wildman–Crippen LogP) is 2.75. The maximum atomic E-state index is 11.5. The van der Waals surface area contributed by atoms with Crippen LogP contribution in [-0.4, -0.2) is 22.2 Å². The Bertz CT molecular complexity index is 591. The van der Waals surface area contributed by atoms with E-state index in [0.717, 1.165) is 17.7 Å². The predicted molar refractivity (Wildman–Crippen MR) is 81.5 cm³/mol. The first-order valence-electron chi connectivity index (χ1n) is 6.83. The van der Waals surface area contributed by atoms with E-state index in [1.54, 1.807) is 12.5 Å². The lowest BCUT2D eigenvalue weighted by Gasteiger charge is -2.05. The summed E-state index contributed by atoms with van der Waals surface area (Å²) in [5, 5.41) is 2.71. The number of imidazole rings is 1. The first-order valence-corrected chi connectivity index (χ1v) is 6.83. The lowest BCUT2D eigenvalue weighted by molar-refractivity contribution is 0.140. The zero-order valence-corrected chi connectivity index (χ0v) is 12.0. The number of benzene rings is 1. The molecule has 5 nitrogen and oxygen atoms in total. The second-order valence-corrected chi connectivity index (χ2v) is 4.61. The summed E-state index contributed by atoms with van der Waals surface area (Å²) in [5.41, 5.74) is 2.01. The molecule has 1 N–H and O–H groups in total. The van der Waals surface area contributed by atoms with Crippen molar-refractivity contribution in [2.45, 2.75) is 13.0 Å². The molecule has 0 fully saturated rings. The number of hydrogen-bond acceptors (Lipinski definition) is 3. The highest BCUT2D eigenvalue weighted by atomic mass is 16.5. The van der Waals surface area contributed by atoms with Crippen LogP contribution in [0.2, 0.25) is 0 Å². The molecule has 2 rings (SSSR count). The van der Waals surface area contributed by atoms with Gasteiger partial charge < -0.3 is 14.6 Å². The van der Waals surface area contributed by atoms with Crippen molar-refractivity contribution in [2.24, 2.45) is 7.05 Å². The third kappa shape index (κ3) is 5.14. The van der Waals surface area contributed by atoms with Crippen molar-refractivity contribution in [1.29, 1.82) is 0 Å². The van der Waals surface area contributed by atoms with Crippen molar-refractivity contribution in [2.75, 3.05) is 6.54 Å². The molecule has 1 aromatic heterocycles. The van der Waals surface area contributed by atoms with Gasteiger partial charge in [0.1, 0.15) is 6.61 Å². The van der Waals surface area contributed by atoms with Gasteiger partial charge in [-0.25, -0.2) is 9.78 Å². The molecule has 0 unspecified atom stereocenters. The molecule has 21 heavy (non-hydrogen) atoms. The number of nitrogens with one attached hydrogen (secondary N) is 1. The number of alkyl carbamates (subject to hydrolysis) is 1. The minimum atomic E-state index is -0.396. The SMILES string of the molecule is Cn1cncc1C=CCCNC(=O)OCc1ccccc1. The number of carbonyl (C=O) groups is 1. The Morgan fingerprint density at radius 2 is 2.19 bits per heavy atom. The summed E-state index contributed by atoms with van der Waals surface area (Å²) in [6.07, 6.45) is 7.86. The van der Waals surface area contributed by atoms with Gasteiger partial charge in [-0.15, -0.1) is 0 Å². The van der Waals surface area contributed by atoms with E-state index in [9.17, 15) is 4.79 Å². The topological polar surface area (TPSA) is 56.2 Å². The number of ether oxygens (including phenoxy) is 1. The standard InChI is InChI=1S/C16H19N3O2/c1-19-13-17-11-15(19)9-5-6-10-18-16(20)21-12-14-7-3-2-4-8-14/h2-5,7-9,11,13H,6,10,12H2,1H3,(H,18,20). The third-order valence-electron chi connectivity index (χ3n) is 2.94. The fourth-order valence-corrected chi connectivity index (χ4v) is 1.76. The van der Waals surface area contributed by atoms with Crippen molar-refractivity contribution in [3.63, 3.8) is 0 Å². The van der Waals surface area contributed by atoms with Gasteiger partial charge in [0.2, 0.25) is 0 Å². The molecule has 0 bridgehead atoms. The summed E-state index contributed by atoms with van der Waals surface area (Å²) >= 11 is 0. The fourth-order valence-electron chi connectivity index (χ4n) is 1.76. The Hall–Kier alpha value is -2.56. The number of aryl methyl sites for hydroxylation is 1. The molecule has 0 aliphatic carbocycles. The molecule has 2 aromatic rings. The van der Waals surface area contributed by atoms with Crippen molar-refractivity contribution in [3.8, 4) is 0 Å². The number of rotatable bonds is 6. The highest BCUT2D eigenvalue weighted by Crippen LogP contribution is 2.01. The van der Waals surface area contributed by atoms with Crippen LogP contribution >= 0.6 is 0 Å². The summed E-state index contributed by atoms with van der Waals surface area (Å²) in [6.45, 7) is 0.833. The number of hydrogen-bond donors (Lipinski definition) is 1. The van der Waals surface area contributed by atoms with Crippen LogP contribution in [0.15, 0.2) is 48.9 Å². The average Bonchev–Trinajstić information content (AvgIpc) is 2.91. The molecule has 1 aromatic carbocycles. The summed E-state index contributed by atoms with van der Waals surface area (Å²) in [5.74, 6) is 0. The molecular weight excluding hydrogens is 266 g/mol. The lowest BCUT2D eigenvalue weighted by atomic mass is 10.2. The maximum Gasteiger partial charge on any atom is 0.407 e. The first kappa shape index (κ1) is 14.8. The molecule has 1 amide bonds. The van der Waals surface area contributed by atoms with Crippen molar-refractivity contribution in [1.82, 2.24) is 14.9 Å². The molecule has 1 heterocycles. The Kier molecular flexibility index (Phi) is 5.58. The highest BCUT2D eigenvalue weighted by Gasteiger charge is 2.00. The van der Waals surface area contributed by atoms with Crippen molar-refractivity contribution in [3.05, 3.63) is 60.2 Å². The fraction of sp³-hybridized carbons (Fsp3) is 0.250. The van der Waals surface area contributed by atoms with Crippen LogP contribution in [0, 0.1) is 0 Å². The van der Waals surface area contributed by atoms with Crippen LogP contribution in [0.25, 0.3) is 6.08 Å². The van der Waals surface area contributed by atoms with Gasteiger partial charge in [-0.3, -0.25) is 0 Å². The van der Waals surface area contributed by atoms with Crippen LogP contribution in [-0.2, 0) is 18.4 Å². The molecule has 0 saturated heterocycles. The quantitative estimate of drug-likeness (QED) is 0.830. The van der Waals surface area contributed by atoms with E-state index in [-0.39, 0.29) is 6.61 Å².